The van der Waals surface area contributed by atoms with Gasteiger partial charge in [-0.3, -0.25) is 5.43 Å². The molecule has 0 aromatic heterocycles. The zero-order valence-electron chi connectivity index (χ0n) is 12.4. The number of hydrogen-bond acceptors (Lipinski definition) is 3. The molecule has 21 heavy (non-hydrogen) atoms. The summed E-state index contributed by atoms with van der Waals surface area (Å²) < 4.78 is 1.06. The highest BCUT2D eigenvalue weighted by Crippen LogP contribution is 2.15. The van der Waals surface area contributed by atoms with Crippen LogP contribution in [0.4, 0.5) is 11.4 Å². The predicted octanol–water partition coefficient (Wildman–Crippen LogP) is 4.74. The molecule has 0 saturated carbocycles. The van der Waals surface area contributed by atoms with Crippen LogP contribution < -0.4 is 10.3 Å². The predicted molar refractivity (Wildman–Crippen MR) is 95.4 cm³/mol. The van der Waals surface area contributed by atoms with Gasteiger partial charge >= 0.3 is 0 Å². The van der Waals surface area contributed by atoms with E-state index < -0.39 is 0 Å². The summed E-state index contributed by atoms with van der Waals surface area (Å²) in [6, 6.07) is 16.4. The molecule has 0 aliphatic carbocycles. The first kappa shape index (κ1) is 15.6. The minimum Gasteiger partial charge on any atom is -0.372 e. The van der Waals surface area contributed by atoms with E-state index in [0.29, 0.717) is 0 Å². The number of rotatable bonds is 6. The lowest BCUT2D eigenvalue weighted by molar-refractivity contribution is 0.866. The van der Waals surface area contributed by atoms with Gasteiger partial charge < -0.3 is 4.90 Å². The molecule has 2 rings (SSSR count). The van der Waals surface area contributed by atoms with Crippen LogP contribution in [-0.4, -0.2) is 19.3 Å². The molecule has 0 heterocycles. The van der Waals surface area contributed by atoms with E-state index in [1.807, 2.05) is 30.5 Å². The number of anilines is 2. The summed E-state index contributed by atoms with van der Waals surface area (Å²) in [6.07, 6.45) is 1.83. The van der Waals surface area contributed by atoms with Crippen molar-refractivity contribution in [2.75, 3.05) is 23.4 Å². The first-order valence-electron chi connectivity index (χ1n) is 7.12. The van der Waals surface area contributed by atoms with Gasteiger partial charge in [0.25, 0.3) is 0 Å². The Morgan fingerprint density at radius 1 is 1.00 bits per heavy atom. The molecule has 0 aliphatic rings. The van der Waals surface area contributed by atoms with Crippen molar-refractivity contribution in [3.8, 4) is 0 Å². The van der Waals surface area contributed by atoms with Gasteiger partial charge in [0.1, 0.15) is 0 Å². The summed E-state index contributed by atoms with van der Waals surface area (Å²) in [5, 5.41) is 4.25. The molecule has 0 spiro atoms. The Bertz CT molecular complexity index is 572. The van der Waals surface area contributed by atoms with E-state index in [9.17, 15) is 0 Å². The van der Waals surface area contributed by atoms with Crippen LogP contribution in [0.15, 0.2) is 58.1 Å². The molecule has 0 aliphatic heterocycles. The molecule has 2 aromatic carbocycles. The summed E-state index contributed by atoms with van der Waals surface area (Å²) in [7, 11) is 0. The van der Waals surface area contributed by atoms with Crippen molar-refractivity contribution >= 4 is 33.5 Å². The van der Waals surface area contributed by atoms with Crippen LogP contribution in [0.3, 0.4) is 0 Å². The largest absolute Gasteiger partial charge is 0.372 e. The van der Waals surface area contributed by atoms with E-state index >= 15 is 0 Å². The molecule has 0 radical (unpaired) electrons. The maximum atomic E-state index is 4.25. The van der Waals surface area contributed by atoms with Crippen LogP contribution >= 0.6 is 15.9 Å². The van der Waals surface area contributed by atoms with Gasteiger partial charge in [-0.05, 0) is 55.8 Å². The number of nitrogens with zero attached hydrogens (tertiary/aromatic N) is 2. The van der Waals surface area contributed by atoms with Gasteiger partial charge in [0.05, 0.1) is 11.9 Å². The maximum Gasteiger partial charge on any atom is 0.0562 e. The molecule has 2 aromatic rings. The first-order chi connectivity index (χ1) is 10.2. The van der Waals surface area contributed by atoms with Gasteiger partial charge in [-0.2, -0.15) is 5.10 Å². The minimum atomic E-state index is 0.967. The molecule has 0 unspecified atom stereocenters. The molecule has 1 N–H and O–H groups in total. The standard InChI is InChI=1S/C17H20BrN3/c1-3-21(4-2)17-11-5-14(6-12-17)13-19-20-16-9-7-15(18)8-10-16/h5-13,20H,3-4H2,1-2H3. The SMILES string of the molecule is CCN(CC)c1ccc(C=NNc2ccc(Br)cc2)cc1. The van der Waals surface area contributed by atoms with Crippen LogP contribution in [-0.2, 0) is 0 Å². The zero-order valence-corrected chi connectivity index (χ0v) is 14.0. The summed E-state index contributed by atoms with van der Waals surface area (Å²) in [4.78, 5) is 2.32. The molecular formula is C17H20BrN3. The number of benzene rings is 2. The van der Waals surface area contributed by atoms with Gasteiger partial charge in [-0.1, -0.05) is 28.1 Å². The van der Waals surface area contributed by atoms with Gasteiger partial charge in [0.2, 0.25) is 0 Å². The molecule has 0 amide bonds. The highest BCUT2D eigenvalue weighted by Gasteiger charge is 2.00. The number of hydrogen-bond donors (Lipinski definition) is 1. The lowest BCUT2D eigenvalue weighted by atomic mass is 10.2. The van der Waals surface area contributed by atoms with Crippen molar-refractivity contribution in [2.24, 2.45) is 5.10 Å². The monoisotopic (exact) mass is 345 g/mol. The van der Waals surface area contributed by atoms with Crippen LogP contribution in [0, 0.1) is 0 Å². The summed E-state index contributed by atoms with van der Waals surface area (Å²) >= 11 is 3.41. The normalized spacial score (nSPS) is 10.8. The average Bonchev–Trinajstić information content (AvgIpc) is 2.52. The summed E-state index contributed by atoms with van der Waals surface area (Å²) in [5.41, 5.74) is 6.31. The van der Waals surface area contributed by atoms with E-state index in [-0.39, 0.29) is 0 Å². The molecule has 4 heteroatoms. The average molecular weight is 346 g/mol. The van der Waals surface area contributed by atoms with E-state index in [1.54, 1.807) is 0 Å². The Labute approximate surface area is 134 Å². The molecule has 0 saturated heterocycles. The maximum absolute atomic E-state index is 4.25. The third kappa shape index (κ3) is 4.60. The van der Waals surface area contributed by atoms with Crippen LogP contribution in [0.1, 0.15) is 19.4 Å². The van der Waals surface area contributed by atoms with Crippen LogP contribution in [0.5, 0.6) is 0 Å². The molecule has 0 fully saturated rings. The zero-order chi connectivity index (χ0) is 15.1. The van der Waals surface area contributed by atoms with Crippen molar-refractivity contribution in [1.82, 2.24) is 0 Å². The van der Waals surface area contributed by atoms with Crippen molar-refractivity contribution in [1.29, 1.82) is 0 Å². The number of halogens is 1. The molecule has 0 bridgehead atoms. The number of hydrazone groups is 1. The fourth-order valence-corrected chi connectivity index (χ4v) is 2.33. The van der Waals surface area contributed by atoms with E-state index in [4.69, 9.17) is 0 Å². The Balaban J connectivity index is 1.96. The molecule has 0 atom stereocenters. The third-order valence-electron chi connectivity index (χ3n) is 3.27. The van der Waals surface area contributed by atoms with Gasteiger partial charge in [0, 0.05) is 23.2 Å². The van der Waals surface area contributed by atoms with E-state index in [1.165, 1.54) is 5.69 Å². The lowest BCUT2D eigenvalue weighted by Gasteiger charge is -2.20. The second-order valence-corrected chi connectivity index (χ2v) is 5.56. The van der Waals surface area contributed by atoms with Gasteiger partial charge in [0.15, 0.2) is 0 Å². The Kier molecular flexibility index (Phi) is 5.81. The quantitative estimate of drug-likeness (QED) is 0.604. The Morgan fingerprint density at radius 2 is 1.62 bits per heavy atom. The van der Waals surface area contributed by atoms with Gasteiger partial charge in [-0.15, -0.1) is 0 Å². The van der Waals surface area contributed by atoms with E-state index in [0.717, 1.165) is 28.8 Å². The molecule has 3 nitrogen and oxygen atoms in total. The second kappa shape index (κ2) is 7.84. The molecule has 110 valence electrons. The Morgan fingerprint density at radius 3 is 2.19 bits per heavy atom. The van der Waals surface area contributed by atoms with Crippen molar-refractivity contribution in [3.63, 3.8) is 0 Å². The van der Waals surface area contributed by atoms with Crippen molar-refractivity contribution < 1.29 is 0 Å². The van der Waals surface area contributed by atoms with Crippen LogP contribution in [0.25, 0.3) is 0 Å². The lowest BCUT2D eigenvalue weighted by Crippen LogP contribution is -2.21. The fourth-order valence-electron chi connectivity index (χ4n) is 2.07. The van der Waals surface area contributed by atoms with Crippen molar-refractivity contribution in [3.05, 3.63) is 58.6 Å². The second-order valence-electron chi connectivity index (χ2n) is 4.64. The first-order valence-corrected chi connectivity index (χ1v) is 7.92. The minimum absolute atomic E-state index is 0.967. The Hall–Kier alpha value is -1.81. The fraction of sp³-hybridized carbons (Fsp3) is 0.235. The summed E-state index contributed by atoms with van der Waals surface area (Å²) in [5.74, 6) is 0. The van der Waals surface area contributed by atoms with Crippen LogP contribution in [0.2, 0.25) is 0 Å². The van der Waals surface area contributed by atoms with Crippen molar-refractivity contribution in [2.45, 2.75) is 13.8 Å². The molecular weight excluding hydrogens is 326 g/mol. The highest BCUT2D eigenvalue weighted by molar-refractivity contribution is 9.10. The smallest absolute Gasteiger partial charge is 0.0562 e. The van der Waals surface area contributed by atoms with E-state index in [2.05, 4.69) is 69.5 Å². The van der Waals surface area contributed by atoms with Gasteiger partial charge in [-0.25, -0.2) is 0 Å². The topological polar surface area (TPSA) is 27.6 Å². The third-order valence-corrected chi connectivity index (χ3v) is 3.80. The number of nitrogens with one attached hydrogen (secondary N) is 1. The highest BCUT2D eigenvalue weighted by atomic mass is 79.9. The summed E-state index contributed by atoms with van der Waals surface area (Å²) in [6.45, 7) is 6.38.